The van der Waals surface area contributed by atoms with Crippen molar-refractivity contribution < 1.29 is 4.79 Å². The number of piperidine rings is 1. The van der Waals surface area contributed by atoms with Crippen LogP contribution in [0, 0.1) is 5.92 Å². The number of carbonyl (C=O) groups excluding carboxylic acids is 1. The van der Waals surface area contributed by atoms with Gasteiger partial charge in [-0.15, -0.1) is 0 Å². The fourth-order valence-corrected chi connectivity index (χ4v) is 2.95. The molecule has 1 aliphatic heterocycles. The van der Waals surface area contributed by atoms with Crippen molar-refractivity contribution in [3.8, 4) is 0 Å². The van der Waals surface area contributed by atoms with E-state index in [4.69, 9.17) is 0 Å². The monoisotopic (exact) mass is 314 g/mol. The second kappa shape index (κ2) is 7.02. The van der Waals surface area contributed by atoms with Crippen molar-refractivity contribution in [3.63, 3.8) is 0 Å². The van der Waals surface area contributed by atoms with Crippen molar-refractivity contribution in [2.45, 2.75) is 45.2 Å². The van der Waals surface area contributed by atoms with Crippen LogP contribution in [0.15, 0.2) is 29.3 Å². The van der Waals surface area contributed by atoms with Crippen LogP contribution in [-0.4, -0.2) is 31.5 Å². The summed E-state index contributed by atoms with van der Waals surface area (Å²) in [5.74, 6) is 1.84. The van der Waals surface area contributed by atoms with Gasteiger partial charge >= 0.3 is 0 Å². The number of carbonyl (C=O) groups is 1. The van der Waals surface area contributed by atoms with E-state index in [1.54, 1.807) is 7.05 Å². The number of guanidine groups is 1. The summed E-state index contributed by atoms with van der Waals surface area (Å²) in [5.41, 5.74) is 2.19. The zero-order chi connectivity index (χ0) is 16.2. The van der Waals surface area contributed by atoms with Gasteiger partial charge in [-0.05, 0) is 42.9 Å². The number of amides is 1. The molecule has 2 fully saturated rings. The Bertz CT molecular complexity index is 581. The Morgan fingerprint density at radius 1 is 1.30 bits per heavy atom. The van der Waals surface area contributed by atoms with Gasteiger partial charge in [-0.2, -0.15) is 0 Å². The van der Waals surface area contributed by atoms with E-state index in [0.717, 1.165) is 43.5 Å². The Morgan fingerprint density at radius 2 is 2.04 bits per heavy atom. The molecular weight excluding hydrogens is 288 g/mol. The maximum absolute atomic E-state index is 12.0. The van der Waals surface area contributed by atoms with Crippen molar-refractivity contribution in [1.29, 1.82) is 0 Å². The summed E-state index contributed by atoms with van der Waals surface area (Å²) in [7, 11) is 1.80. The Morgan fingerprint density at radius 3 is 2.65 bits per heavy atom. The molecule has 1 heterocycles. The van der Waals surface area contributed by atoms with Crippen LogP contribution >= 0.6 is 0 Å². The molecule has 1 aromatic carbocycles. The third-order valence-corrected chi connectivity index (χ3v) is 4.69. The molecule has 2 aliphatic rings. The molecule has 23 heavy (non-hydrogen) atoms. The van der Waals surface area contributed by atoms with E-state index < -0.39 is 0 Å². The SMILES string of the molecule is CN=C(NCc1ccc(N2CCCCC2=O)cc1)NC1CC1C. The van der Waals surface area contributed by atoms with Crippen LogP contribution in [0.25, 0.3) is 0 Å². The largest absolute Gasteiger partial charge is 0.353 e. The first-order valence-electron chi connectivity index (χ1n) is 8.54. The number of rotatable bonds is 4. The number of nitrogens with one attached hydrogen (secondary N) is 2. The number of benzene rings is 1. The minimum absolute atomic E-state index is 0.241. The average Bonchev–Trinajstić information content (AvgIpc) is 3.27. The van der Waals surface area contributed by atoms with Gasteiger partial charge in [0.25, 0.3) is 0 Å². The van der Waals surface area contributed by atoms with E-state index in [0.29, 0.717) is 12.5 Å². The molecule has 2 N–H and O–H groups in total. The van der Waals surface area contributed by atoms with E-state index >= 15 is 0 Å². The van der Waals surface area contributed by atoms with Gasteiger partial charge in [-0.1, -0.05) is 19.1 Å². The van der Waals surface area contributed by atoms with Gasteiger partial charge in [0.05, 0.1) is 0 Å². The molecule has 2 atom stereocenters. The molecule has 1 aromatic rings. The number of hydrogen-bond donors (Lipinski definition) is 2. The van der Waals surface area contributed by atoms with Crippen molar-refractivity contribution in [2.75, 3.05) is 18.5 Å². The van der Waals surface area contributed by atoms with Crippen molar-refractivity contribution in [3.05, 3.63) is 29.8 Å². The van der Waals surface area contributed by atoms with Gasteiger partial charge in [0, 0.05) is 38.3 Å². The van der Waals surface area contributed by atoms with Gasteiger partial charge in [0.2, 0.25) is 5.91 Å². The lowest BCUT2D eigenvalue weighted by Gasteiger charge is -2.26. The fraction of sp³-hybridized carbons (Fsp3) is 0.556. The molecule has 1 aliphatic carbocycles. The number of hydrogen-bond acceptors (Lipinski definition) is 2. The summed E-state index contributed by atoms with van der Waals surface area (Å²) in [4.78, 5) is 18.1. The Balaban J connectivity index is 1.53. The van der Waals surface area contributed by atoms with Crippen LogP contribution in [0.3, 0.4) is 0 Å². The van der Waals surface area contributed by atoms with E-state index in [9.17, 15) is 4.79 Å². The second-order valence-corrected chi connectivity index (χ2v) is 6.56. The summed E-state index contributed by atoms with van der Waals surface area (Å²) < 4.78 is 0. The van der Waals surface area contributed by atoms with E-state index in [2.05, 4.69) is 34.7 Å². The second-order valence-electron chi connectivity index (χ2n) is 6.56. The van der Waals surface area contributed by atoms with Crippen LogP contribution in [0.1, 0.15) is 38.2 Å². The fourth-order valence-electron chi connectivity index (χ4n) is 2.95. The van der Waals surface area contributed by atoms with Gasteiger partial charge in [-0.25, -0.2) is 0 Å². The molecule has 0 radical (unpaired) electrons. The highest BCUT2D eigenvalue weighted by Gasteiger charge is 2.33. The van der Waals surface area contributed by atoms with Crippen LogP contribution in [-0.2, 0) is 11.3 Å². The van der Waals surface area contributed by atoms with Gasteiger partial charge in [0.1, 0.15) is 0 Å². The van der Waals surface area contributed by atoms with Crippen LogP contribution < -0.4 is 15.5 Å². The summed E-state index contributed by atoms with van der Waals surface area (Å²) in [6.07, 6.45) is 4.00. The molecule has 0 aromatic heterocycles. The number of anilines is 1. The minimum atomic E-state index is 0.241. The molecule has 124 valence electrons. The first-order chi connectivity index (χ1) is 11.2. The molecule has 5 nitrogen and oxygen atoms in total. The van der Waals surface area contributed by atoms with Gasteiger partial charge in [0.15, 0.2) is 5.96 Å². The van der Waals surface area contributed by atoms with Crippen molar-refractivity contribution in [2.24, 2.45) is 10.9 Å². The predicted molar refractivity (Wildman–Crippen MR) is 93.5 cm³/mol. The molecule has 5 heteroatoms. The van der Waals surface area contributed by atoms with E-state index in [-0.39, 0.29) is 5.91 Å². The predicted octanol–water partition coefficient (Wildman–Crippen LogP) is 2.28. The molecule has 0 spiro atoms. The first kappa shape index (κ1) is 15.8. The highest BCUT2D eigenvalue weighted by molar-refractivity contribution is 5.93. The van der Waals surface area contributed by atoms with Gasteiger partial charge < -0.3 is 15.5 Å². The number of aliphatic imine (C=N–C) groups is 1. The molecule has 3 rings (SSSR count). The minimum Gasteiger partial charge on any atom is -0.353 e. The molecule has 0 bridgehead atoms. The lowest BCUT2D eigenvalue weighted by atomic mass is 10.1. The Labute approximate surface area is 138 Å². The summed E-state index contributed by atoms with van der Waals surface area (Å²) in [5, 5.41) is 6.76. The average molecular weight is 314 g/mol. The summed E-state index contributed by atoms with van der Waals surface area (Å²) in [6, 6.07) is 8.81. The zero-order valence-electron chi connectivity index (χ0n) is 14.0. The van der Waals surface area contributed by atoms with E-state index in [1.165, 1.54) is 12.0 Å². The number of nitrogens with zero attached hydrogens (tertiary/aromatic N) is 2. The van der Waals surface area contributed by atoms with Crippen LogP contribution in [0.2, 0.25) is 0 Å². The Kier molecular flexibility index (Phi) is 4.84. The smallest absolute Gasteiger partial charge is 0.226 e. The molecule has 1 saturated carbocycles. The maximum atomic E-state index is 12.0. The lowest BCUT2D eigenvalue weighted by molar-refractivity contribution is -0.119. The Hall–Kier alpha value is -2.04. The molecule has 2 unspecified atom stereocenters. The third kappa shape index (κ3) is 4.03. The maximum Gasteiger partial charge on any atom is 0.226 e. The molecular formula is C18H26N4O. The molecule has 1 amide bonds. The van der Waals surface area contributed by atoms with Gasteiger partial charge in [-0.3, -0.25) is 9.79 Å². The standard InChI is InChI=1S/C18H26N4O/c1-13-11-16(13)21-18(19-2)20-12-14-6-8-15(9-7-14)22-10-4-3-5-17(22)23/h6-9,13,16H,3-5,10-12H2,1-2H3,(H2,19,20,21). The highest BCUT2D eigenvalue weighted by atomic mass is 16.2. The lowest BCUT2D eigenvalue weighted by Crippen LogP contribution is -2.38. The van der Waals surface area contributed by atoms with Crippen molar-refractivity contribution >= 4 is 17.6 Å². The van der Waals surface area contributed by atoms with Crippen LogP contribution in [0.5, 0.6) is 0 Å². The molecule has 1 saturated heterocycles. The summed E-state index contributed by atoms with van der Waals surface area (Å²) in [6.45, 7) is 3.81. The van der Waals surface area contributed by atoms with E-state index in [1.807, 2.05) is 17.0 Å². The quantitative estimate of drug-likeness (QED) is 0.662. The topological polar surface area (TPSA) is 56.7 Å². The first-order valence-corrected chi connectivity index (χ1v) is 8.54. The summed E-state index contributed by atoms with van der Waals surface area (Å²) >= 11 is 0. The normalized spacial score (nSPS) is 24.5. The van der Waals surface area contributed by atoms with Crippen molar-refractivity contribution in [1.82, 2.24) is 10.6 Å². The zero-order valence-corrected chi connectivity index (χ0v) is 14.0. The highest BCUT2D eigenvalue weighted by Crippen LogP contribution is 2.28. The van der Waals surface area contributed by atoms with Crippen LogP contribution in [0.4, 0.5) is 5.69 Å². The third-order valence-electron chi connectivity index (χ3n) is 4.69.